The molecule has 82 valence electrons. The van der Waals surface area contributed by atoms with E-state index in [-0.39, 0.29) is 11.0 Å². The third-order valence-corrected chi connectivity index (χ3v) is 1.83. The summed E-state index contributed by atoms with van der Waals surface area (Å²) in [5.41, 5.74) is -0.0891. The first-order valence-electron chi connectivity index (χ1n) is 5.14. The van der Waals surface area contributed by atoms with Crippen molar-refractivity contribution in [3.63, 3.8) is 0 Å². The molecule has 0 spiro atoms. The van der Waals surface area contributed by atoms with Crippen molar-refractivity contribution >= 4 is 0 Å². The van der Waals surface area contributed by atoms with Gasteiger partial charge in [0.1, 0.15) is 0 Å². The minimum atomic E-state index is -0.262. The molecule has 3 nitrogen and oxygen atoms in total. The molecule has 0 aliphatic heterocycles. The highest BCUT2D eigenvalue weighted by Gasteiger charge is 2.15. The first kappa shape index (κ1) is 13.4. The minimum absolute atomic E-state index is 0.173. The van der Waals surface area contributed by atoms with Crippen molar-refractivity contribution in [1.82, 2.24) is 10.6 Å². The number of nitriles is 1. The number of rotatable bonds is 5. The lowest BCUT2D eigenvalue weighted by Gasteiger charge is -2.21. The smallest absolute Gasteiger partial charge is 0.0697 e. The van der Waals surface area contributed by atoms with Gasteiger partial charge in [-0.2, -0.15) is 5.26 Å². The quantitative estimate of drug-likeness (QED) is 0.657. The molecule has 2 N–H and O–H groups in total. The van der Waals surface area contributed by atoms with Gasteiger partial charge in [0.05, 0.1) is 11.5 Å². The summed E-state index contributed by atoms with van der Waals surface area (Å²) in [5, 5.41) is 15.4. The molecule has 0 rings (SSSR count). The van der Waals surface area contributed by atoms with Gasteiger partial charge in [0.2, 0.25) is 0 Å². The third kappa shape index (κ3) is 8.03. The highest BCUT2D eigenvalue weighted by atomic mass is 15.0. The molecule has 0 fully saturated rings. The molecule has 0 aromatic heterocycles. The number of hydrogen-bond acceptors (Lipinski definition) is 3. The van der Waals surface area contributed by atoms with Gasteiger partial charge in [-0.15, -0.1) is 0 Å². The van der Waals surface area contributed by atoms with Crippen LogP contribution in [-0.4, -0.2) is 25.2 Å². The number of nitrogens with zero attached hydrogens (tertiary/aromatic N) is 1. The van der Waals surface area contributed by atoms with Crippen LogP contribution < -0.4 is 10.6 Å². The van der Waals surface area contributed by atoms with Crippen LogP contribution in [0.25, 0.3) is 0 Å². The van der Waals surface area contributed by atoms with Gasteiger partial charge in [-0.05, 0) is 34.6 Å². The molecule has 0 heterocycles. The molecule has 0 amide bonds. The van der Waals surface area contributed by atoms with E-state index in [1.54, 1.807) is 0 Å². The summed E-state index contributed by atoms with van der Waals surface area (Å²) in [6.07, 6.45) is 0. The lowest BCUT2D eigenvalue weighted by atomic mass is 9.96. The second kappa shape index (κ2) is 5.33. The van der Waals surface area contributed by atoms with Crippen molar-refractivity contribution in [2.75, 3.05) is 19.6 Å². The predicted molar refractivity (Wildman–Crippen MR) is 60.0 cm³/mol. The third-order valence-electron chi connectivity index (χ3n) is 1.83. The van der Waals surface area contributed by atoms with Gasteiger partial charge in [0.25, 0.3) is 0 Å². The van der Waals surface area contributed by atoms with E-state index in [4.69, 9.17) is 5.26 Å². The van der Waals surface area contributed by atoms with Gasteiger partial charge in [0.15, 0.2) is 0 Å². The molecular formula is C11H23N3. The van der Waals surface area contributed by atoms with Crippen LogP contribution in [0.2, 0.25) is 0 Å². The maximum absolute atomic E-state index is 8.77. The Morgan fingerprint density at radius 2 is 1.64 bits per heavy atom. The Morgan fingerprint density at radius 1 is 1.07 bits per heavy atom. The fourth-order valence-electron chi connectivity index (χ4n) is 0.966. The Kier molecular flexibility index (Phi) is 5.11. The van der Waals surface area contributed by atoms with Crippen LogP contribution in [0.1, 0.15) is 34.6 Å². The SMILES string of the molecule is CC(C)(C#N)CNCCNC(C)(C)C. The largest absolute Gasteiger partial charge is 0.314 e. The second-order valence-electron chi connectivity index (χ2n) is 5.35. The summed E-state index contributed by atoms with van der Waals surface area (Å²) in [6, 6.07) is 2.27. The van der Waals surface area contributed by atoms with E-state index in [9.17, 15) is 0 Å². The predicted octanol–water partition coefficient (Wildman–Crippen LogP) is 1.51. The number of hydrogen-bond donors (Lipinski definition) is 2. The summed E-state index contributed by atoms with van der Waals surface area (Å²) in [4.78, 5) is 0. The summed E-state index contributed by atoms with van der Waals surface area (Å²) in [5.74, 6) is 0. The maximum Gasteiger partial charge on any atom is 0.0697 e. The van der Waals surface area contributed by atoms with Crippen LogP contribution >= 0.6 is 0 Å². The lowest BCUT2D eigenvalue weighted by Crippen LogP contribution is -2.41. The standard InChI is InChI=1S/C11H23N3/c1-10(2,3)14-7-6-13-9-11(4,5)8-12/h13-14H,6-7,9H2,1-5H3. The topological polar surface area (TPSA) is 47.9 Å². The van der Waals surface area contributed by atoms with Crippen molar-refractivity contribution in [3.05, 3.63) is 0 Å². The van der Waals surface area contributed by atoms with Gasteiger partial charge in [-0.25, -0.2) is 0 Å². The summed E-state index contributed by atoms with van der Waals surface area (Å²) in [6.45, 7) is 12.9. The minimum Gasteiger partial charge on any atom is -0.314 e. The zero-order valence-corrected chi connectivity index (χ0v) is 10.1. The molecular weight excluding hydrogens is 174 g/mol. The van der Waals surface area contributed by atoms with Crippen molar-refractivity contribution in [2.24, 2.45) is 5.41 Å². The highest BCUT2D eigenvalue weighted by molar-refractivity contribution is 4.93. The molecule has 0 aromatic rings. The molecule has 0 bridgehead atoms. The van der Waals surface area contributed by atoms with E-state index in [1.807, 2.05) is 13.8 Å². The molecule has 0 radical (unpaired) electrons. The Labute approximate surface area is 87.9 Å². The number of nitrogens with one attached hydrogen (secondary N) is 2. The molecule has 0 unspecified atom stereocenters. The van der Waals surface area contributed by atoms with Gasteiger partial charge < -0.3 is 10.6 Å². The van der Waals surface area contributed by atoms with Crippen molar-refractivity contribution in [3.8, 4) is 6.07 Å². The zero-order valence-electron chi connectivity index (χ0n) is 10.1. The van der Waals surface area contributed by atoms with Crippen molar-refractivity contribution < 1.29 is 0 Å². The average Bonchev–Trinajstić information content (AvgIpc) is 2.01. The fraction of sp³-hybridized carbons (Fsp3) is 0.909. The molecule has 3 heteroatoms. The monoisotopic (exact) mass is 197 g/mol. The zero-order chi connectivity index (χ0) is 11.2. The molecule has 0 saturated carbocycles. The summed E-state index contributed by atoms with van der Waals surface area (Å²) >= 11 is 0. The Morgan fingerprint density at radius 3 is 2.07 bits per heavy atom. The fourth-order valence-corrected chi connectivity index (χ4v) is 0.966. The molecule has 0 aliphatic carbocycles. The van der Waals surface area contributed by atoms with E-state index < -0.39 is 0 Å². The second-order valence-corrected chi connectivity index (χ2v) is 5.35. The van der Waals surface area contributed by atoms with E-state index in [0.717, 1.165) is 19.6 Å². The maximum atomic E-state index is 8.77. The normalized spacial score (nSPS) is 12.6. The first-order valence-corrected chi connectivity index (χ1v) is 5.14. The molecule has 0 aliphatic rings. The lowest BCUT2D eigenvalue weighted by molar-refractivity contribution is 0.400. The van der Waals surface area contributed by atoms with Gasteiger partial charge in [0, 0.05) is 25.2 Å². The average molecular weight is 197 g/mol. The first-order chi connectivity index (χ1) is 6.27. The van der Waals surface area contributed by atoms with Gasteiger partial charge in [-0.3, -0.25) is 0 Å². The molecule has 0 aromatic carbocycles. The highest BCUT2D eigenvalue weighted by Crippen LogP contribution is 2.09. The van der Waals surface area contributed by atoms with E-state index in [0.29, 0.717) is 0 Å². The molecule has 0 atom stereocenters. The summed E-state index contributed by atoms with van der Waals surface area (Å²) < 4.78 is 0. The van der Waals surface area contributed by atoms with Crippen LogP contribution in [0.5, 0.6) is 0 Å². The van der Waals surface area contributed by atoms with E-state index in [2.05, 4.69) is 37.5 Å². The van der Waals surface area contributed by atoms with Crippen molar-refractivity contribution in [1.29, 1.82) is 5.26 Å². The Bertz CT molecular complexity index is 196. The van der Waals surface area contributed by atoms with Crippen LogP contribution in [0.4, 0.5) is 0 Å². The van der Waals surface area contributed by atoms with Gasteiger partial charge >= 0.3 is 0 Å². The Balaban J connectivity index is 3.45. The summed E-state index contributed by atoms with van der Waals surface area (Å²) in [7, 11) is 0. The van der Waals surface area contributed by atoms with Crippen molar-refractivity contribution in [2.45, 2.75) is 40.2 Å². The Hall–Kier alpha value is -0.590. The molecule has 0 saturated heterocycles. The van der Waals surface area contributed by atoms with Crippen LogP contribution in [0.3, 0.4) is 0 Å². The van der Waals surface area contributed by atoms with Crippen LogP contribution in [-0.2, 0) is 0 Å². The molecule has 14 heavy (non-hydrogen) atoms. The van der Waals surface area contributed by atoms with Gasteiger partial charge in [-0.1, -0.05) is 0 Å². The van der Waals surface area contributed by atoms with E-state index >= 15 is 0 Å². The van der Waals surface area contributed by atoms with E-state index in [1.165, 1.54) is 0 Å². The van der Waals surface area contributed by atoms with Crippen LogP contribution in [0.15, 0.2) is 0 Å². The van der Waals surface area contributed by atoms with Crippen LogP contribution in [0, 0.1) is 16.7 Å².